The molecule has 2 aromatic rings. The predicted octanol–water partition coefficient (Wildman–Crippen LogP) is 4.50. The highest BCUT2D eigenvalue weighted by atomic mass is 32.2. The molecule has 116 valence electrons. The van der Waals surface area contributed by atoms with Gasteiger partial charge in [-0.2, -0.15) is 0 Å². The lowest BCUT2D eigenvalue weighted by molar-refractivity contribution is -0.119. The van der Waals surface area contributed by atoms with Gasteiger partial charge in [-0.15, -0.1) is 11.8 Å². The fourth-order valence-corrected chi connectivity index (χ4v) is 3.28. The average Bonchev–Trinajstić information content (AvgIpc) is 2.55. The first-order valence-corrected chi connectivity index (χ1v) is 8.82. The summed E-state index contributed by atoms with van der Waals surface area (Å²) in [5.74, 6) is 1.48. The molecule has 2 rings (SSSR count). The second-order valence-electron chi connectivity index (χ2n) is 5.36. The fourth-order valence-electron chi connectivity index (χ4n) is 2.37. The number of thioether (sulfide) groups is 1. The van der Waals surface area contributed by atoms with Gasteiger partial charge in [0.15, 0.2) is 0 Å². The van der Waals surface area contributed by atoms with Gasteiger partial charge in [0.2, 0.25) is 5.91 Å². The summed E-state index contributed by atoms with van der Waals surface area (Å²) >= 11 is 1.66. The van der Waals surface area contributed by atoms with Crippen LogP contribution in [0.4, 0.5) is 0 Å². The van der Waals surface area contributed by atoms with Crippen LogP contribution in [0.2, 0.25) is 0 Å². The fraction of sp³-hybridized carbons (Fsp3) is 0.316. The molecule has 1 amide bonds. The van der Waals surface area contributed by atoms with E-state index in [1.807, 2.05) is 30.3 Å². The number of nitrogens with one attached hydrogen (secondary N) is 1. The number of hydrogen-bond acceptors (Lipinski definition) is 2. The molecule has 0 aliphatic heterocycles. The van der Waals surface area contributed by atoms with Crippen LogP contribution < -0.4 is 5.32 Å². The molecule has 0 bridgehead atoms. The molecule has 1 atom stereocenters. The molecule has 0 heterocycles. The topological polar surface area (TPSA) is 29.1 Å². The van der Waals surface area contributed by atoms with Crippen molar-refractivity contribution in [1.82, 2.24) is 5.32 Å². The second kappa shape index (κ2) is 8.64. The van der Waals surface area contributed by atoms with Crippen molar-refractivity contribution in [3.05, 3.63) is 71.3 Å². The molecule has 2 nitrogen and oxygen atoms in total. The number of benzene rings is 2. The van der Waals surface area contributed by atoms with E-state index in [4.69, 9.17) is 0 Å². The van der Waals surface area contributed by atoms with Crippen LogP contribution in [-0.4, -0.2) is 11.7 Å². The smallest absolute Gasteiger partial charge is 0.230 e. The van der Waals surface area contributed by atoms with Crippen molar-refractivity contribution in [3.8, 4) is 0 Å². The van der Waals surface area contributed by atoms with Gasteiger partial charge < -0.3 is 5.32 Å². The molecular formula is C19H23NOS. The Hall–Kier alpha value is -1.74. The Morgan fingerprint density at radius 1 is 1.09 bits per heavy atom. The minimum atomic E-state index is 0.104. The summed E-state index contributed by atoms with van der Waals surface area (Å²) < 4.78 is 0. The largest absolute Gasteiger partial charge is 0.349 e. The minimum Gasteiger partial charge on any atom is -0.349 e. The molecule has 0 aliphatic rings. The Bertz CT molecular complexity index is 597. The van der Waals surface area contributed by atoms with Gasteiger partial charge >= 0.3 is 0 Å². The van der Waals surface area contributed by atoms with E-state index in [2.05, 4.69) is 43.4 Å². The van der Waals surface area contributed by atoms with Gasteiger partial charge in [-0.25, -0.2) is 0 Å². The molecule has 0 saturated heterocycles. The van der Waals surface area contributed by atoms with Crippen molar-refractivity contribution < 1.29 is 4.79 Å². The van der Waals surface area contributed by atoms with Crippen molar-refractivity contribution in [1.29, 1.82) is 0 Å². The van der Waals surface area contributed by atoms with E-state index in [-0.39, 0.29) is 11.9 Å². The lowest BCUT2D eigenvalue weighted by atomic mass is 10.0. The van der Waals surface area contributed by atoms with Crippen molar-refractivity contribution in [2.24, 2.45) is 0 Å². The van der Waals surface area contributed by atoms with E-state index in [9.17, 15) is 4.79 Å². The molecular weight excluding hydrogens is 290 g/mol. The quantitative estimate of drug-likeness (QED) is 0.815. The van der Waals surface area contributed by atoms with Gasteiger partial charge in [-0.1, -0.05) is 61.5 Å². The Morgan fingerprint density at radius 2 is 1.77 bits per heavy atom. The van der Waals surface area contributed by atoms with E-state index in [1.54, 1.807) is 11.8 Å². The third-order valence-electron chi connectivity index (χ3n) is 3.70. The lowest BCUT2D eigenvalue weighted by Crippen LogP contribution is -2.29. The lowest BCUT2D eigenvalue weighted by Gasteiger charge is -2.17. The highest BCUT2D eigenvalue weighted by Crippen LogP contribution is 2.18. The molecule has 0 spiro atoms. The first kappa shape index (κ1) is 16.6. The second-order valence-corrected chi connectivity index (χ2v) is 6.34. The first-order valence-electron chi connectivity index (χ1n) is 7.67. The number of hydrogen-bond donors (Lipinski definition) is 1. The van der Waals surface area contributed by atoms with Crippen LogP contribution in [0.25, 0.3) is 0 Å². The first-order chi connectivity index (χ1) is 10.7. The Morgan fingerprint density at radius 3 is 2.45 bits per heavy atom. The maximum Gasteiger partial charge on any atom is 0.230 e. The zero-order valence-corrected chi connectivity index (χ0v) is 14.0. The van der Waals surface area contributed by atoms with Crippen LogP contribution in [0, 0.1) is 6.92 Å². The number of carbonyl (C=O) groups is 1. The Kier molecular flexibility index (Phi) is 6.53. The van der Waals surface area contributed by atoms with E-state index >= 15 is 0 Å². The third kappa shape index (κ3) is 4.92. The van der Waals surface area contributed by atoms with Crippen LogP contribution in [-0.2, 0) is 10.5 Å². The van der Waals surface area contributed by atoms with E-state index in [0.717, 1.165) is 12.2 Å². The summed E-state index contributed by atoms with van der Waals surface area (Å²) in [4.78, 5) is 12.1. The van der Waals surface area contributed by atoms with Gasteiger partial charge in [0.1, 0.15) is 0 Å². The van der Waals surface area contributed by atoms with Gasteiger partial charge in [0.05, 0.1) is 11.8 Å². The SMILES string of the molecule is CCC(NC(=O)CSCc1ccccc1C)c1ccccc1. The Balaban J connectivity index is 1.81. The summed E-state index contributed by atoms with van der Waals surface area (Å²) in [6.45, 7) is 4.21. The Labute approximate surface area is 137 Å². The van der Waals surface area contributed by atoms with Crippen molar-refractivity contribution in [3.63, 3.8) is 0 Å². The van der Waals surface area contributed by atoms with Gasteiger partial charge in [-0.3, -0.25) is 4.79 Å². The van der Waals surface area contributed by atoms with E-state index in [0.29, 0.717) is 5.75 Å². The molecule has 0 aliphatic carbocycles. The molecule has 0 radical (unpaired) electrons. The number of amides is 1. The number of aryl methyl sites for hydroxylation is 1. The molecule has 1 unspecified atom stereocenters. The zero-order chi connectivity index (χ0) is 15.8. The van der Waals surface area contributed by atoms with Crippen LogP contribution in [0.5, 0.6) is 0 Å². The predicted molar refractivity (Wildman–Crippen MR) is 95.0 cm³/mol. The number of rotatable bonds is 7. The average molecular weight is 313 g/mol. The van der Waals surface area contributed by atoms with Crippen molar-refractivity contribution in [2.75, 3.05) is 5.75 Å². The molecule has 2 aromatic carbocycles. The van der Waals surface area contributed by atoms with Gasteiger partial charge in [-0.05, 0) is 30.0 Å². The summed E-state index contributed by atoms with van der Waals surface area (Å²) in [5, 5.41) is 3.12. The molecule has 0 saturated carbocycles. The van der Waals surface area contributed by atoms with Crippen molar-refractivity contribution in [2.45, 2.75) is 32.1 Å². The molecule has 22 heavy (non-hydrogen) atoms. The van der Waals surface area contributed by atoms with Crippen LogP contribution in [0.3, 0.4) is 0 Å². The molecule has 0 fully saturated rings. The summed E-state index contributed by atoms with van der Waals surface area (Å²) in [5.41, 5.74) is 3.75. The monoisotopic (exact) mass is 313 g/mol. The van der Waals surface area contributed by atoms with Gasteiger partial charge in [0.25, 0.3) is 0 Å². The highest BCUT2D eigenvalue weighted by molar-refractivity contribution is 7.99. The zero-order valence-electron chi connectivity index (χ0n) is 13.2. The van der Waals surface area contributed by atoms with E-state index < -0.39 is 0 Å². The summed E-state index contributed by atoms with van der Waals surface area (Å²) in [6.07, 6.45) is 0.901. The standard InChI is InChI=1S/C19H23NOS/c1-3-18(16-10-5-4-6-11-16)20-19(21)14-22-13-17-12-8-7-9-15(17)2/h4-12,18H,3,13-14H2,1-2H3,(H,20,21). The summed E-state index contributed by atoms with van der Waals surface area (Å²) in [6, 6.07) is 18.6. The number of carbonyl (C=O) groups excluding carboxylic acids is 1. The third-order valence-corrected chi connectivity index (χ3v) is 4.68. The van der Waals surface area contributed by atoms with Gasteiger partial charge in [0, 0.05) is 5.75 Å². The molecule has 1 N–H and O–H groups in total. The normalized spacial score (nSPS) is 11.9. The maximum absolute atomic E-state index is 12.1. The minimum absolute atomic E-state index is 0.104. The highest BCUT2D eigenvalue weighted by Gasteiger charge is 2.12. The van der Waals surface area contributed by atoms with Crippen LogP contribution in [0.15, 0.2) is 54.6 Å². The summed E-state index contributed by atoms with van der Waals surface area (Å²) in [7, 11) is 0. The van der Waals surface area contributed by atoms with E-state index in [1.165, 1.54) is 16.7 Å². The van der Waals surface area contributed by atoms with Crippen molar-refractivity contribution >= 4 is 17.7 Å². The van der Waals surface area contributed by atoms with Crippen LogP contribution in [0.1, 0.15) is 36.1 Å². The maximum atomic E-state index is 12.1. The van der Waals surface area contributed by atoms with Crippen LogP contribution >= 0.6 is 11.8 Å². The molecule has 3 heteroatoms. The molecule has 0 aromatic heterocycles.